The normalized spacial score (nSPS) is 10.3. The van der Waals surface area contributed by atoms with E-state index in [4.69, 9.17) is 4.74 Å². The van der Waals surface area contributed by atoms with Gasteiger partial charge in [-0.2, -0.15) is 0 Å². The third-order valence-electron chi connectivity index (χ3n) is 3.68. The summed E-state index contributed by atoms with van der Waals surface area (Å²) in [5.41, 5.74) is 2.42. The van der Waals surface area contributed by atoms with Crippen molar-refractivity contribution in [2.75, 3.05) is 5.32 Å². The lowest BCUT2D eigenvalue weighted by Gasteiger charge is -2.12. The Morgan fingerprint density at radius 3 is 2.28 bits per heavy atom. The number of amides is 1. The van der Waals surface area contributed by atoms with Crippen molar-refractivity contribution >= 4 is 11.6 Å². The number of hydrogen-bond acceptors (Lipinski definition) is 2. The number of benzene rings is 3. The third-order valence-corrected chi connectivity index (χ3v) is 3.68. The molecule has 0 aliphatic heterocycles. The molecular formula is C21H18FNO2. The number of rotatable bonds is 6. The van der Waals surface area contributed by atoms with Gasteiger partial charge in [0.1, 0.15) is 18.2 Å². The van der Waals surface area contributed by atoms with Gasteiger partial charge in [0.2, 0.25) is 5.91 Å². The minimum atomic E-state index is -0.316. The van der Waals surface area contributed by atoms with E-state index >= 15 is 0 Å². The Kier molecular flexibility index (Phi) is 5.42. The summed E-state index contributed by atoms with van der Waals surface area (Å²) < 4.78 is 18.8. The lowest BCUT2D eigenvalue weighted by Crippen LogP contribution is -2.15. The zero-order valence-electron chi connectivity index (χ0n) is 13.6. The predicted octanol–water partition coefficient (Wildman–Crippen LogP) is 4.59. The fourth-order valence-corrected chi connectivity index (χ4v) is 2.41. The molecule has 0 spiro atoms. The van der Waals surface area contributed by atoms with Crippen molar-refractivity contribution < 1.29 is 13.9 Å². The number of hydrogen-bond donors (Lipinski definition) is 1. The standard InChI is InChI=1S/C21H18FNO2/c22-18-12-10-16(11-13-18)14-21(24)23-19-8-4-5-9-20(19)25-15-17-6-2-1-3-7-17/h1-13H,14-15H2,(H,23,24). The summed E-state index contributed by atoms with van der Waals surface area (Å²) in [6, 6.07) is 23.0. The average Bonchev–Trinajstić information content (AvgIpc) is 2.64. The molecule has 3 aromatic rings. The van der Waals surface area contributed by atoms with Crippen molar-refractivity contribution in [3.8, 4) is 5.75 Å². The zero-order chi connectivity index (χ0) is 17.5. The van der Waals surface area contributed by atoms with E-state index in [1.54, 1.807) is 18.2 Å². The molecule has 25 heavy (non-hydrogen) atoms. The van der Waals surface area contributed by atoms with Gasteiger partial charge in [-0.25, -0.2) is 4.39 Å². The number of para-hydroxylation sites is 2. The summed E-state index contributed by atoms with van der Waals surface area (Å²) in [5.74, 6) is 0.116. The molecule has 3 nitrogen and oxygen atoms in total. The minimum Gasteiger partial charge on any atom is -0.487 e. The van der Waals surface area contributed by atoms with Crippen LogP contribution in [0.15, 0.2) is 78.9 Å². The van der Waals surface area contributed by atoms with Crippen LogP contribution in [0.2, 0.25) is 0 Å². The Morgan fingerprint density at radius 1 is 0.840 bits per heavy atom. The summed E-state index contributed by atoms with van der Waals surface area (Å²) in [5, 5.41) is 2.85. The van der Waals surface area contributed by atoms with Gasteiger partial charge in [-0.3, -0.25) is 4.79 Å². The quantitative estimate of drug-likeness (QED) is 0.716. The smallest absolute Gasteiger partial charge is 0.228 e. The van der Waals surface area contributed by atoms with Crippen LogP contribution < -0.4 is 10.1 Å². The SMILES string of the molecule is O=C(Cc1ccc(F)cc1)Nc1ccccc1OCc1ccccc1. The molecule has 3 aromatic carbocycles. The molecule has 0 aliphatic rings. The van der Waals surface area contributed by atoms with E-state index in [-0.39, 0.29) is 18.1 Å². The van der Waals surface area contributed by atoms with Gasteiger partial charge < -0.3 is 10.1 Å². The second-order valence-electron chi connectivity index (χ2n) is 5.62. The largest absolute Gasteiger partial charge is 0.487 e. The number of nitrogens with one attached hydrogen (secondary N) is 1. The molecule has 4 heteroatoms. The number of anilines is 1. The molecule has 0 aliphatic carbocycles. The van der Waals surface area contributed by atoms with Crippen molar-refractivity contribution in [3.63, 3.8) is 0 Å². The first kappa shape index (κ1) is 16.7. The lowest BCUT2D eigenvalue weighted by molar-refractivity contribution is -0.115. The molecule has 0 saturated heterocycles. The van der Waals surface area contributed by atoms with E-state index in [0.717, 1.165) is 11.1 Å². The fourth-order valence-electron chi connectivity index (χ4n) is 2.41. The maximum absolute atomic E-state index is 12.9. The van der Waals surface area contributed by atoms with Crippen molar-refractivity contribution in [3.05, 3.63) is 95.8 Å². The summed E-state index contributed by atoms with van der Waals surface area (Å²) in [6.07, 6.45) is 0.174. The van der Waals surface area contributed by atoms with Crippen molar-refractivity contribution in [2.45, 2.75) is 13.0 Å². The van der Waals surface area contributed by atoms with Gasteiger partial charge in [0.15, 0.2) is 0 Å². The zero-order valence-corrected chi connectivity index (χ0v) is 13.6. The second-order valence-corrected chi connectivity index (χ2v) is 5.62. The van der Waals surface area contributed by atoms with Gasteiger partial charge in [0.25, 0.3) is 0 Å². The van der Waals surface area contributed by atoms with Crippen LogP contribution in [0.1, 0.15) is 11.1 Å². The van der Waals surface area contributed by atoms with Crippen LogP contribution in [0.5, 0.6) is 5.75 Å². The van der Waals surface area contributed by atoms with E-state index in [1.807, 2.05) is 48.5 Å². The van der Waals surface area contributed by atoms with Crippen LogP contribution in [-0.2, 0) is 17.8 Å². The van der Waals surface area contributed by atoms with Crippen LogP contribution in [0.4, 0.5) is 10.1 Å². The molecule has 0 bridgehead atoms. The monoisotopic (exact) mass is 335 g/mol. The van der Waals surface area contributed by atoms with Crippen LogP contribution >= 0.6 is 0 Å². The Bertz CT molecular complexity index is 832. The van der Waals surface area contributed by atoms with Gasteiger partial charge in [0, 0.05) is 0 Å². The molecule has 0 atom stereocenters. The van der Waals surface area contributed by atoms with Crippen LogP contribution in [0, 0.1) is 5.82 Å². The molecule has 3 rings (SSSR count). The molecule has 0 fully saturated rings. The Hall–Kier alpha value is -3.14. The van der Waals surface area contributed by atoms with Crippen LogP contribution in [-0.4, -0.2) is 5.91 Å². The third kappa shape index (κ3) is 4.91. The van der Waals surface area contributed by atoms with Crippen LogP contribution in [0.25, 0.3) is 0 Å². The van der Waals surface area contributed by atoms with E-state index in [9.17, 15) is 9.18 Å². The minimum absolute atomic E-state index is 0.174. The van der Waals surface area contributed by atoms with Crippen molar-refractivity contribution in [1.82, 2.24) is 0 Å². The highest BCUT2D eigenvalue weighted by atomic mass is 19.1. The van der Waals surface area contributed by atoms with Gasteiger partial charge in [-0.15, -0.1) is 0 Å². The summed E-state index contributed by atoms with van der Waals surface area (Å²) in [6.45, 7) is 0.422. The molecule has 0 radical (unpaired) electrons. The fraction of sp³-hybridized carbons (Fsp3) is 0.0952. The van der Waals surface area contributed by atoms with E-state index in [2.05, 4.69) is 5.32 Å². The van der Waals surface area contributed by atoms with E-state index in [0.29, 0.717) is 18.0 Å². The Balaban J connectivity index is 1.63. The van der Waals surface area contributed by atoms with Gasteiger partial charge in [-0.1, -0.05) is 54.6 Å². The summed E-state index contributed by atoms with van der Waals surface area (Å²) in [4.78, 5) is 12.2. The summed E-state index contributed by atoms with van der Waals surface area (Å²) >= 11 is 0. The predicted molar refractivity (Wildman–Crippen MR) is 95.9 cm³/mol. The molecule has 0 aromatic heterocycles. The van der Waals surface area contributed by atoms with Crippen molar-refractivity contribution in [1.29, 1.82) is 0 Å². The Morgan fingerprint density at radius 2 is 1.52 bits per heavy atom. The molecule has 0 unspecified atom stereocenters. The number of halogens is 1. The topological polar surface area (TPSA) is 38.3 Å². The highest BCUT2D eigenvalue weighted by Gasteiger charge is 2.09. The maximum Gasteiger partial charge on any atom is 0.228 e. The molecule has 0 saturated carbocycles. The first-order valence-electron chi connectivity index (χ1n) is 8.01. The number of carbonyl (C=O) groups excluding carboxylic acids is 1. The van der Waals surface area contributed by atoms with Gasteiger partial charge in [-0.05, 0) is 35.4 Å². The first-order valence-corrected chi connectivity index (χ1v) is 8.01. The van der Waals surface area contributed by atoms with E-state index < -0.39 is 0 Å². The second kappa shape index (κ2) is 8.11. The van der Waals surface area contributed by atoms with Gasteiger partial charge >= 0.3 is 0 Å². The van der Waals surface area contributed by atoms with Crippen molar-refractivity contribution in [2.24, 2.45) is 0 Å². The van der Waals surface area contributed by atoms with E-state index in [1.165, 1.54) is 12.1 Å². The van der Waals surface area contributed by atoms with Crippen LogP contribution in [0.3, 0.4) is 0 Å². The molecule has 0 heterocycles. The molecular weight excluding hydrogens is 317 g/mol. The first-order chi connectivity index (χ1) is 12.2. The maximum atomic E-state index is 12.9. The highest BCUT2D eigenvalue weighted by molar-refractivity contribution is 5.93. The molecule has 126 valence electrons. The lowest BCUT2D eigenvalue weighted by atomic mass is 10.1. The highest BCUT2D eigenvalue weighted by Crippen LogP contribution is 2.25. The molecule has 1 N–H and O–H groups in total. The van der Waals surface area contributed by atoms with Gasteiger partial charge in [0.05, 0.1) is 12.1 Å². The average molecular weight is 335 g/mol. The Labute approximate surface area is 146 Å². The number of carbonyl (C=O) groups is 1. The molecule has 1 amide bonds. The number of ether oxygens (including phenoxy) is 1. The summed E-state index contributed by atoms with van der Waals surface area (Å²) in [7, 11) is 0.